The van der Waals surface area contributed by atoms with Crippen molar-refractivity contribution in [1.29, 1.82) is 0 Å². The Kier molecular flexibility index (Phi) is 3.20. The highest BCUT2D eigenvalue weighted by Gasteiger charge is 2.43. The standard InChI is InChI=1S/C18H14Cl2N3O/c19-13-6-3-7-14(20)18(13)23-10-22-16(21-23)9-24-15-8-11-4-1-2-5-12(11)17(15)22/h1-7,10,15,17H,8-9H2/q+1/t15-,17?/m0/s1. The molecular weight excluding hydrogens is 345 g/mol. The number of nitrogens with zero attached hydrogens (tertiary/aromatic N) is 3. The van der Waals surface area contributed by atoms with Crippen molar-refractivity contribution in [2.24, 2.45) is 0 Å². The highest BCUT2D eigenvalue weighted by molar-refractivity contribution is 6.37. The molecule has 4 nitrogen and oxygen atoms in total. The molecule has 1 aliphatic heterocycles. The van der Waals surface area contributed by atoms with Crippen LogP contribution in [0.1, 0.15) is 23.0 Å². The van der Waals surface area contributed by atoms with Crippen LogP contribution in [0.4, 0.5) is 0 Å². The van der Waals surface area contributed by atoms with Crippen molar-refractivity contribution in [3.8, 4) is 5.69 Å². The second kappa shape index (κ2) is 5.31. The van der Waals surface area contributed by atoms with E-state index in [1.54, 1.807) is 4.68 Å². The van der Waals surface area contributed by atoms with Gasteiger partial charge in [-0.1, -0.05) is 58.2 Å². The predicted molar refractivity (Wildman–Crippen MR) is 90.6 cm³/mol. The van der Waals surface area contributed by atoms with Gasteiger partial charge in [-0.15, -0.1) is 0 Å². The van der Waals surface area contributed by atoms with Crippen LogP contribution in [0.2, 0.25) is 10.0 Å². The van der Waals surface area contributed by atoms with Crippen LogP contribution in [0.3, 0.4) is 0 Å². The third-order valence-electron chi connectivity index (χ3n) is 4.79. The summed E-state index contributed by atoms with van der Waals surface area (Å²) in [6.07, 6.45) is 3.06. The van der Waals surface area contributed by atoms with Crippen molar-refractivity contribution in [1.82, 2.24) is 9.67 Å². The van der Waals surface area contributed by atoms with E-state index < -0.39 is 0 Å². The maximum atomic E-state index is 6.33. The van der Waals surface area contributed by atoms with Crippen molar-refractivity contribution in [2.75, 3.05) is 0 Å². The summed E-state index contributed by atoms with van der Waals surface area (Å²) in [6, 6.07) is 14.1. The number of aromatic nitrogens is 3. The van der Waals surface area contributed by atoms with Gasteiger partial charge < -0.3 is 4.74 Å². The largest absolute Gasteiger partial charge is 0.363 e. The van der Waals surface area contributed by atoms with Crippen LogP contribution in [0.15, 0.2) is 48.8 Å². The van der Waals surface area contributed by atoms with Gasteiger partial charge in [0.25, 0.3) is 12.2 Å². The number of hydrogen-bond donors (Lipinski definition) is 0. The summed E-state index contributed by atoms with van der Waals surface area (Å²) in [5.41, 5.74) is 3.35. The molecule has 1 aliphatic carbocycles. The summed E-state index contributed by atoms with van der Waals surface area (Å²) >= 11 is 12.7. The van der Waals surface area contributed by atoms with Crippen molar-refractivity contribution in [3.05, 3.63) is 75.8 Å². The topological polar surface area (TPSA) is 30.9 Å². The maximum absolute atomic E-state index is 6.33. The Labute approximate surface area is 149 Å². The van der Waals surface area contributed by atoms with E-state index in [0.29, 0.717) is 22.3 Å². The Morgan fingerprint density at radius 2 is 1.88 bits per heavy atom. The molecular formula is C18H14Cl2N3O+. The highest BCUT2D eigenvalue weighted by atomic mass is 35.5. The lowest BCUT2D eigenvalue weighted by atomic mass is 10.1. The molecule has 0 saturated heterocycles. The average Bonchev–Trinajstić information content (AvgIpc) is 3.14. The zero-order valence-corrected chi connectivity index (χ0v) is 14.2. The van der Waals surface area contributed by atoms with Crippen LogP contribution in [-0.2, 0) is 17.8 Å². The second-order valence-corrected chi connectivity index (χ2v) is 6.97. The number of fused-ring (bicyclic) bond motifs is 5. The Morgan fingerprint density at radius 3 is 2.71 bits per heavy atom. The monoisotopic (exact) mass is 358 g/mol. The first-order chi connectivity index (χ1) is 11.7. The van der Waals surface area contributed by atoms with Gasteiger partial charge in [0.1, 0.15) is 12.7 Å². The molecule has 2 heterocycles. The number of rotatable bonds is 1. The first-order valence-electron chi connectivity index (χ1n) is 7.86. The molecule has 0 bridgehead atoms. The van der Waals surface area contributed by atoms with E-state index in [4.69, 9.17) is 27.9 Å². The molecule has 2 atom stereocenters. The van der Waals surface area contributed by atoms with Gasteiger partial charge in [-0.2, -0.15) is 0 Å². The van der Waals surface area contributed by atoms with Crippen LogP contribution in [0.25, 0.3) is 5.69 Å². The molecule has 0 saturated carbocycles. The molecule has 0 radical (unpaired) electrons. The molecule has 1 unspecified atom stereocenters. The minimum absolute atomic E-state index is 0.152. The smallest absolute Gasteiger partial charge is 0.272 e. The van der Waals surface area contributed by atoms with Gasteiger partial charge in [-0.25, -0.2) is 4.57 Å². The molecule has 1 aromatic heterocycles. The molecule has 120 valence electrons. The Bertz CT molecular complexity index is 933. The quantitative estimate of drug-likeness (QED) is 0.623. The summed E-state index contributed by atoms with van der Waals surface area (Å²) in [4.78, 5) is 0. The van der Waals surface area contributed by atoms with Gasteiger partial charge in [0, 0.05) is 12.0 Å². The second-order valence-electron chi connectivity index (χ2n) is 6.15. The van der Waals surface area contributed by atoms with E-state index >= 15 is 0 Å². The minimum Gasteiger partial charge on any atom is -0.363 e. The average molecular weight is 359 g/mol. The number of para-hydroxylation sites is 1. The van der Waals surface area contributed by atoms with E-state index in [9.17, 15) is 0 Å². The Balaban J connectivity index is 1.66. The van der Waals surface area contributed by atoms with Crippen molar-refractivity contribution < 1.29 is 9.42 Å². The van der Waals surface area contributed by atoms with E-state index in [2.05, 4.69) is 33.9 Å². The Morgan fingerprint density at radius 1 is 1.08 bits per heavy atom. The maximum Gasteiger partial charge on any atom is 0.272 e. The van der Waals surface area contributed by atoms with Gasteiger partial charge in [-0.05, 0) is 22.8 Å². The van der Waals surface area contributed by atoms with Gasteiger partial charge >= 0.3 is 0 Å². The van der Waals surface area contributed by atoms with E-state index in [-0.39, 0.29) is 12.1 Å². The molecule has 2 aromatic carbocycles. The number of hydrogen-bond acceptors (Lipinski definition) is 2. The molecule has 24 heavy (non-hydrogen) atoms. The van der Waals surface area contributed by atoms with E-state index in [0.717, 1.165) is 12.2 Å². The van der Waals surface area contributed by atoms with E-state index in [1.165, 1.54) is 11.1 Å². The number of ether oxygens (including phenoxy) is 1. The van der Waals surface area contributed by atoms with Crippen LogP contribution >= 0.6 is 23.2 Å². The molecule has 6 heteroatoms. The fourth-order valence-electron chi connectivity index (χ4n) is 3.74. The lowest BCUT2D eigenvalue weighted by Gasteiger charge is -2.22. The SMILES string of the molecule is Clc1cccc(Cl)c1-[n+]1cn2c(n1)CO[C@H]1Cc3ccccc3C12. The summed E-state index contributed by atoms with van der Waals surface area (Å²) < 4.78 is 10.0. The van der Waals surface area contributed by atoms with Crippen LogP contribution in [0, 0.1) is 0 Å². The van der Waals surface area contributed by atoms with Crippen LogP contribution in [-0.4, -0.2) is 15.8 Å². The molecule has 5 rings (SSSR count). The van der Waals surface area contributed by atoms with Gasteiger partial charge in [0.2, 0.25) is 0 Å². The number of benzene rings is 2. The summed E-state index contributed by atoms with van der Waals surface area (Å²) in [7, 11) is 0. The van der Waals surface area contributed by atoms with Crippen LogP contribution in [0.5, 0.6) is 0 Å². The fraction of sp³-hybridized carbons (Fsp3) is 0.222. The third kappa shape index (κ3) is 2.04. The zero-order chi connectivity index (χ0) is 16.3. The normalized spacial score (nSPS) is 21.2. The minimum atomic E-state index is 0.152. The molecule has 0 spiro atoms. The summed E-state index contributed by atoms with van der Waals surface area (Å²) in [5.74, 6) is 0.879. The first kappa shape index (κ1) is 14.5. The predicted octanol–water partition coefficient (Wildman–Crippen LogP) is 3.51. The molecule has 0 amide bonds. The fourth-order valence-corrected chi connectivity index (χ4v) is 4.31. The van der Waals surface area contributed by atoms with Gasteiger partial charge in [-0.3, -0.25) is 0 Å². The van der Waals surface area contributed by atoms with Crippen LogP contribution < -0.4 is 4.68 Å². The lowest BCUT2D eigenvalue weighted by Crippen LogP contribution is -2.33. The highest BCUT2D eigenvalue weighted by Crippen LogP contribution is 2.39. The van der Waals surface area contributed by atoms with Gasteiger partial charge in [0.05, 0.1) is 10.0 Å². The zero-order valence-electron chi connectivity index (χ0n) is 12.7. The van der Waals surface area contributed by atoms with E-state index in [1.807, 2.05) is 24.5 Å². The third-order valence-corrected chi connectivity index (χ3v) is 5.40. The van der Waals surface area contributed by atoms with Crippen molar-refractivity contribution in [2.45, 2.75) is 25.2 Å². The van der Waals surface area contributed by atoms with Gasteiger partial charge in [0.15, 0.2) is 11.7 Å². The number of halogens is 2. The lowest BCUT2D eigenvalue weighted by molar-refractivity contribution is -0.657. The molecule has 3 aromatic rings. The molecule has 0 fully saturated rings. The molecule has 2 aliphatic rings. The van der Waals surface area contributed by atoms with Crippen molar-refractivity contribution in [3.63, 3.8) is 0 Å². The summed E-state index contributed by atoms with van der Waals surface area (Å²) in [6.45, 7) is 0.490. The van der Waals surface area contributed by atoms with Crippen molar-refractivity contribution >= 4 is 23.2 Å². The Hall–Kier alpha value is -1.88. The molecule has 0 N–H and O–H groups in total. The first-order valence-corrected chi connectivity index (χ1v) is 8.61. The summed E-state index contributed by atoms with van der Waals surface area (Å²) in [5, 5.41) is 5.81.